The number of likely N-dealkylation sites (tertiary alicyclic amines) is 1. The van der Waals surface area contributed by atoms with Gasteiger partial charge in [-0.3, -0.25) is 14.5 Å². The van der Waals surface area contributed by atoms with Crippen LogP contribution in [-0.4, -0.2) is 48.0 Å². The third kappa shape index (κ3) is 3.22. The fourth-order valence-electron chi connectivity index (χ4n) is 6.33. The molecule has 0 spiro atoms. The summed E-state index contributed by atoms with van der Waals surface area (Å²) in [6.07, 6.45) is 0.190. The zero-order valence-corrected chi connectivity index (χ0v) is 19.6. The predicted octanol–water partition coefficient (Wildman–Crippen LogP) is 3.74. The molecule has 3 aromatic rings. The maximum absolute atomic E-state index is 16.1. The molecule has 3 aliphatic rings. The average Bonchev–Trinajstić information content (AvgIpc) is 3.29. The lowest BCUT2D eigenvalue weighted by Gasteiger charge is -2.41. The topological polar surface area (TPSA) is 72.9 Å². The number of nitrogens with one attached hydrogen (secondary N) is 1. The van der Waals surface area contributed by atoms with E-state index in [2.05, 4.69) is 28.4 Å². The van der Waals surface area contributed by atoms with Crippen LogP contribution in [0.25, 0.3) is 10.8 Å². The van der Waals surface area contributed by atoms with E-state index in [1.165, 1.54) is 7.05 Å². The third-order valence-electron chi connectivity index (χ3n) is 7.99. The molecule has 35 heavy (non-hydrogen) atoms. The number of aliphatic hydroxyl groups is 1. The molecular weight excluding hydrogens is 445 g/mol. The highest BCUT2D eigenvalue weighted by atomic mass is 19.1. The number of nitrogens with zero attached hydrogens (tertiary/aromatic N) is 2. The number of anilines is 1. The van der Waals surface area contributed by atoms with Gasteiger partial charge >= 0.3 is 0 Å². The summed E-state index contributed by atoms with van der Waals surface area (Å²) < 4.78 is 16.1. The van der Waals surface area contributed by atoms with Gasteiger partial charge in [0.1, 0.15) is 0 Å². The fraction of sp³-hybridized carbons (Fsp3) is 0.357. The molecule has 180 valence electrons. The Morgan fingerprint density at radius 3 is 2.46 bits per heavy atom. The van der Waals surface area contributed by atoms with Crippen molar-refractivity contribution in [3.05, 3.63) is 77.4 Å². The number of halogens is 1. The van der Waals surface area contributed by atoms with Crippen molar-refractivity contribution in [3.8, 4) is 0 Å². The molecule has 3 atom stereocenters. The van der Waals surface area contributed by atoms with Gasteiger partial charge in [-0.2, -0.15) is 0 Å². The van der Waals surface area contributed by atoms with Crippen LogP contribution in [0.4, 0.5) is 10.1 Å². The second kappa shape index (κ2) is 8.14. The zero-order valence-electron chi connectivity index (χ0n) is 19.6. The molecule has 7 heteroatoms. The van der Waals surface area contributed by atoms with Crippen LogP contribution in [0.2, 0.25) is 0 Å². The Kier molecular flexibility index (Phi) is 5.16. The highest BCUT2D eigenvalue weighted by Crippen LogP contribution is 2.50. The quantitative estimate of drug-likeness (QED) is 0.606. The number of benzene rings is 3. The van der Waals surface area contributed by atoms with E-state index >= 15 is 4.39 Å². The van der Waals surface area contributed by atoms with Crippen LogP contribution < -0.4 is 10.2 Å². The summed E-state index contributed by atoms with van der Waals surface area (Å²) >= 11 is 0. The number of piperidine rings is 1. The second-order valence-corrected chi connectivity index (χ2v) is 9.79. The van der Waals surface area contributed by atoms with Crippen LogP contribution >= 0.6 is 0 Å². The van der Waals surface area contributed by atoms with Crippen LogP contribution in [0.1, 0.15) is 48.1 Å². The minimum atomic E-state index is -2.35. The Balaban J connectivity index is 1.25. The van der Waals surface area contributed by atoms with Gasteiger partial charge in [0.05, 0.1) is 24.3 Å². The Bertz CT molecular complexity index is 1330. The van der Waals surface area contributed by atoms with Gasteiger partial charge in [0.2, 0.25) is 11.6 Å². The van der Waals surface area contributed by atoms with Crippen molar-refractivity contribution in [2.24, 2.45) is 0 Å². The summed E-state index contributed by atoms with van der Waals surface area (Å²) in [4.78, 5) is 29.3. The molecule has 3 aromatic carbocycles. The van der Waals surface area contributed by atoms with Gasteiger partial charge in [0, 0.05) is 31.7 Å². The monoisotopic (exact) mass is 473 g/mol. The number of hydrogen-bond acceptors (Lipinski definition) is 4. The molecule has 0 aromatic heterocycles. The van der Waals surface area contributed by atoms with E-state index in [9.17, 15) is 14.7 Å². The highest BCUT2D eigenvalue weighted by Gasteiger charge is 2.54. The van der Waals surface area contributed by atoms with Gasteiger partial charge in [0.15, 0.2) is 0 Å². The van der Waals surface area contributed by atoms with Crippen molar-refractivity contribution in [2.75, 3.05) is 25.0 Å². The SMILES string of the molecule is CNC(=O)C[C@]1(F)C(=O)N(C2CCN(C3c4cccc5cccc(c45)[C@H]3O)CC2)c2ccccc21. The predicted molar refractivity (Wildman–Crippen MR) is 132 cm³/mol. The summed E-state index contributed by atoms with van der Waals surface area (Å²) in [7, 11) is 1.45. The number of carbonyl (C=O) groups is 2. The van der Waals surface area contributed by atoms with Crippen LogP contribution in [0.3, 0.4) is 0 Å². The van der Waals surface area contributed by atoms with E-state index < -0.39 is 30.0 Å². The summed E-state index contributed by atoms with van der Waals surface area (Å²) in [6, 6.07) is 18.8. The lowest BCUT2D eigenvalue weighted by atomic mass is 9.93. The molecule has 6 nitrogen and oxygen atoms in total. The van der Waals surface area contributed by atoms with E-state index in [1.807, 2.05) is 18.2 Å². The van der Waals surface area contributed by atoms with Crippen LogP contribution in [0.5, 0.6) is 0 Å². The van der Waals surface area contributed by atoms with Gasteiger partial charge in [-0.1, -0.05) is 54.6 Å². The molecule has 6 rings (SSSR count). The second-order valence-electron chi connectivity index (χ2n) is 9.79. The number of aliphatic hydroxyl groups excluding tert-OH is 1. The first-order chi connectivity index (χ1) is 16.9. The van der Waals surface area contributed by atoms with E-state index in [0.717, 1.165) is 21.9 Å². The molecule has 1 aliphatic carbocycles. The van der Waals surface area contributed by atoms with E-state index in [4.69, 9.17) is 0 Å². The van der Waals surface area contributed by atoms with E-state index in [1.54, 1.807) is 29.2 Å². The number of alkyl halides is 1. The first-order valence-corrected chi connectivity index (χ1v) is 12.2. The van der Waals surface area contributed by atoms with Crippen molar-refractivity contribution < 1.29 is 19.1 Å². The Hall–Kier alpha value is -3.29. The van der Waals surface area contributed by atoms with Crippen LogP contribution in [-0.2, 0) is 15.3 Å². The molecule has 2 amide bonds. The van der Waals surface area contributed by atoms with Gasteiger partial charge < -0.3 is 15.3 Å². The molecule has 1 saturated heterocycles. The lowest BCUT2D eigenvalue weighted by molar-refractivity contribution is -0.136. The number of carbonyl (C=O) groups excluding carboxylic acids is 2. The molecule has 2 heterocycles. The van der Waals surface area contributed by atoms with Crippen LogP contribution in [0, 0.1) is 0 Å². The fourth-order valence-corrected chi connectivity index (χ4v) is 6.33. The van der Waals surface area contributed by atoms with Crippen molar-refractivity contribution in [1.29, 1.82) is 0 Å². The molecule has 1 fully saturated rings. The molecule has 2 N–H and O–H groups in total. The molecule has 1 unspecified atom stereocenters. The minimum absolute atomic E-state index is 0.132. The maximum Gasteiger partial charge on any atom is 0.270 e. The smallest absolute Gasteiger partial charge is 0.270 e. The zero-order chi connectivity index (χ0) is 24.3. The lowest BCUT2D eigenvalue weighted by Crippen LogP contribution is -2.50. The van der Waals surface area contributed by atoms with Crippen LogP contribution in [0.15, 0.2) is 60.7 Å². The summed E-state index contributed by atoms with van der Waals surface area (Å²) in [5, 5.41) is 15.9. The van der Waals surface area contributed by atoms with Gasteiger partial charge in [-0.15, -0.1) is 0 Å². The molecule has 0 bridgehead atoms. The third-order valence-corrected chi connectivity index (χ3v) is 7.99. The summed E-state index contributed by atoms with van der Waals surface area (Å²) in [6.45, 7) is 1.36. The van der Waals surface area contributed by atoms with Gasteiger partial charge in [-0.05, 0) is 40.8 Å². The minimum Gasteiger partial charge on any atom is -0.386 e. The van der Waals surface area contributed by atoms with Crippen molar-refractivity contribution >= 4 is 28.3 Å². The first kappa shape index (κ1) is 22.2. The number of rotatable bonds is 4. The molecule has 2 aliphatic heterocycles. The van der Waals surface area contributed by atoms with Crippen molar-refractivity contribution in [2.45, 2.75) is 43.1 Å². The summed E-state index contributed by atoms with van der Waals surface area (Å²) in [5.74, 6) is -1.16. The van der Waals surface area contributed by atoms with Gasteiger partial charge in [0.25, 0.3) is 5.91 Å². The number of hydrogen-bond donors (Lipinski definition) is 2. The molecule has 0 radical (unpaired) electrons. The van der Waals surface area contributed by atoms with E-state index in [-0.39, 0.29) is 17.6 Å². The normalized spacial score (nSPS) is 26.4. The number of fused-ring (bicyclic) bond motifs is 1. The summed E-state index contributed by atoms with van der Waals surface area (Å²) in [5.41, 5.74) is 0.572. The average molecular weight is 474 g/mol. The van der Waals surface area contributed by atoms with E-state index in [0.29, 0.717) is 31.6 Å². The van der Waals surface area contributed by atoms with Crippen molar-refractivity contribution in [3.63, 3.8) is 0 Å². The molecular formula is C28H28FN3O3. The van der Waals surface area contributed by atoms with Crippen molar-refractivity contribution in [1.82, 2.24) is 10.2 Å². The Labute approximate surface area is 203 Å². The molecule has 0 saturated carbocycles. The van der Waals surface area contributed by atoms with Gasteiger partial charge in [-0.25, -0.2) is 4.39 Å². The first-order valence-electron chi connectivity index (χ1n) is 12.2. The highest BCUT2D eigenvalue weighted by molar-refractivity contribution is 6.09. The maximum atomic E-state index is 16.1. The largest absolute Gasteiger partial charge is 0.386 e. The Morgan fingerprint density at radius 2 is 1.74 bits per heavy atom. The number of para-hydroxylation sites is 1. The Morgan fingerprint density at radius 1 is 1.06 bits per heavy atom. The number of amides is 2. The standard InChI is InChI=1S/C28H28FN3O3/c1-30-23(33)16-28(29)21-10-2-3-11-22(21)32(27(28)35)18-12-14-31(15-13-18)25-19-8-4-6-17-7-5-9-20(24(17)19)26(25)34/h2-11,18,25-26,34H,12-16H2,1H3,(H,30,33)/t25?,26-,28-/m1/s1.